The minimum atomic E-state index is -0.598. The predicted octanol–water partition coefficient (Wildman–Crippen LogP) is 3.03. The molecule has 1 spiro atoms. The van der Waals surface area contributed by atoms with Gasteiger partial charge in [-0.1, -0.05) is 6.07 Å². The van der Waals surface area contributed by atoms with Gasteiger partial charge < -0.3 is 9.64 Å². The average molecular weight is 295 g/mol. The summed E-state index contributed by atoms with van der Waals surface area (Å²) in [6.45, 7) is 1.23. The van der Waals surface area contributed by atoms with Crippen LogP contribution in [0, 0.1) is 11.6 Å². The molecule has 114 valence electrons. The highest BCUT2D eigenvalue weighted by molar-refractivity contribution is 5.76. The van der Waals surface area contributed by atoms with E-state index in [1.54, 1.807) is 4.90 Å². The molecule has 0 radical (unpaired) electrons. The van der Waals surface area contributed by atoms with Gasteiger partial charge in [0.2, 0.25) is 5.91 Å². The van der Waals surface area contributed by atoms with Crippen LogP contribution in [0.5, 0.6) is 0 Å². The lowest BCUT2D eigenvalue weighted by Gasteiger charge is -2.26. The first-order valence-corrected chi connectivity index (χ1v) is 7.44. The maximum atomic E-state index is 13.7. The third-order valence-electron chi connectivity index (χ3n) is 4.58. The summed E-state index contributed by atoms with van der Waals surface area (Å²) in [6, 6.07) is 3.78. The van der Waals surface area contributed by atoms with Gasteiger partial charge in [-0.2, -0.15) is 0 Å². The van der Waals surface area contributed by atoms with Crippen LogP contribution in [0.1, 0.15) is 37.7 Å². The Hall–Kier alpha value is -1.49. The molecular formula is C16H19F2NO2. The van der Waals surface area contributed by atoms with E-state index in [4.69, 9.17) is 4.74 Å². The van der Waals surface area contributed by atoms with E-state index in [9.17, 15) is 13.6 Å². The maximum Gasteiger partial charge on any atom is 0.222 e. The topological polar surface area (TPSA) is 29.5 Å². The first kappa shape index (κ1) is 14.4. The fourth-order valence-electron chi connectivity index (χ4n) is 3.27. The number of rotatable bonds is 2. The molecule has 0 N–H and O–H groups in total. The minimum Gasteiger partial charge on any atom is -0.375 e. The maximum absolute atomic E-state index is 13.7. The van der Waals surface area contributed by atoms with E-state index in [0.29, 0.717) is 19.4 Å². The van der Waals surface area contributed by atoms with Crippen molar-refractivity contribution in [1.29, 1.82) is 0 Å². The molecule has 0 aliphatic carbocycles. The number of likely N-dealkylation sites (tertiary alicyclic amines) is 1. The average Bonchev–Trinajstić information content (AvgIpc) is 2.87. The van der Waals surface area contributed by atoms with Gasteiger partial charge in [-0.15, -0.1) is 0 Å². The normalized spacial score (nSPS) is 26.4. The lowest BCUT2D eigenvalue weighted by Crippen LogP contribution is -2.32. The zero-order valence-corrected chi connectivity index (χ0v) is 11.9. The zero-order chi connectivity index (χ0) is 14.9. The van der Waals surface area contributed by atoms with Crippen molar-refractivity contribution in [3.8, 4) is 0 Å². The summed E-state index contributed by atoms with van der Waals surface area (Å²) in [7, 11) is 0. The van der Waals surface area contributed by atoms with E-state index in [1.807, 2.05) is 0 Å². The highest BCUT2D eigenvalue weighted by atomic mass is 19.1. The van der Waals surface area contributed by atoms with Crippen LogP contribution in [-0.2, 0) is 16.1 Å². The van der Waals surface area contributed by atoms with E-state index in [1.165, 1.54) is 18.2 Å². The third kappa shape index (κ3) is 2.93. The molecule has 2 fully saturated rings. The fourth-order valence-corrected chi connectivity index (χ4v) is 3.27. The van der Waals surface area contributed by atoms with Gasteiger partial charge >= 0.3 is 0 Å². The van der Waals surface area contributed by atoms with Gasteiger partial charge in [0, 0.05) is 25.1 Å². The molecule has 1 amide bonds. The quantitative estimate of drug-likeness (QED) is 0.839. The predicted molar refractivity (Wildman–Crippen MR) is 73.5 cm³/mol. The van der Waals surface area contributed by atoms with E-state index < -0.39 is 11.6 Å². The van der Waals surface area contributed by atoms with Crippen molar-refractivity contribution >= 4 is 5.91 Å². The van der Waals surface area contributed by atoms with Gasteiger partial charge in [-0.05, 0) is 37.8 Å². The molecule has 0 unspecified atom stereocenters. The Kier molecular flexibility index (Phi) is 3.93. The number of halogens is 2. The first-order valence-electron chi connectivity index (χ1n) is 7.44. The summed E-state index contributed by atoms with van der Waals surface area (Å²) < 4.78 is 33.3. The second-order valence-corrected chi connectivity index (χ2v) is 5.90. The van der Waals surface area contributed by atoms with Crippen LogP contribution >= 0.6 is 0 Å². The van der Waals surface area contributed by atoms with Crippen LogP contribution < -0.4 is 0 Å². The number of carbonyl (C=O) groups is 1. The van der Waals surface area contributed by atoms with E-state index >= 15 is 0 Å². The van der Waals surface area contributed by atoms with Crippen molar-refractivity contribution in [1.82, 2.24) is 4.90 Å². The van der Waals surface area contributed by atoms with Crippen LogP contribution in [0.15, 0.2) is 18.2 Å². The Morgan fingerprint density at radius 1 is 1.19 bits per heavy atom. The molecule has 2 saturated heterocycles. The van der Waals surface area contributed by atoms with Crippen LogP contribution in [0.3, 0.4) is 0 Å². The van der Waals surface area contributed by atoms with E-state index in [0.717, 1.165) is 25.9 Å². The molecule has 1 atom stereocenters. The molecule has 0 saturated carbocycles. The molecular weight excluding hydrogens is 276 g/mol. The standard InChI is InChI=1S/C16H19F2NO2/c17-13-3-1-4-14(18)12(13)11-19-9-8-16(6-2-10-21-16)7-5-15(19)20/h1,3-4H,2,5-11H2/t16-/m0/s1. The highest BCUT2D eigenvalue weighted by Crippen LogP contribution is 2.36. The minimum absolute atomic E-state index is 0.00653. The monoisotopic (exact) mass is 295 g/mol. The van der Waals surface area contributed by atoms with Gasteiger partial charge in [-0.25, -0.2) is 8.78 Å². The number of benzene rings is 1. The number of carbonyl (C=O) groups excluding carboxylic acids is 1. The van der Waals surface area contributed by atoms with Crippen LogP contribution in [0.4, 0.5) is 8.78 Å². The van der Waals surface area contributed by atoms with Crippen molar-refractivity contribution in [3.05, 3.63) is 35.4 Å². The molecule has 3 rings (SSSR count). The van der Waals surface area contributed by atoms with Crippen molar-refractivity contribution in [3.63, 3.8) is 0 Å². The molecule has 5 heteroatoms. The number of hydrogen-bond acceptors (Lipinski definition) is 2. The molecule has 2 heterocycles. The van der Waals surface area contributed by atoms with Crippen molar-refractivity contribution in [2.75, 3.05) is 13.2 Å². The summed E-state index contributed by atoms with van der Waals surface area (Å²) in [5.74, 6) is -1.25. The molecule has 2 aliphatic heterocycles. The number of nitrogens with zero attached hydrogens (tertiary/aromatic N) is 1. The summed E-state index contributed by atoms with van der Waals surface area (Å²) in [4.78, 5) is 13.8. The van der Waals surface area contributed by atoms with Crippen LogP contribution in [-0.4, -0.2) is 29.6 Å². The Labute approximate surface area is 122 Å². The summed E-state index contributed by atoms with van der Waals surface area (Å²) >= 11 is 0. The smallest absolute Gasteiger partial charge is 0.222 e. The highest BCUT2D eigenvalue weighted by Gasteiger charge is 2.38. The molecule has 0 bridgehead atoms. The summed E-state index contributed by atoms with van der Waals surface area (Å²) in [5, 5.41) is 0. The first-order chi connectivity index (χ1) is 10.1. The fraction of sp³-hybridized carbons (Fsp3) is 0.562. The van der Waals surface area contributed by atoms with Gasteiger partial charge in [0.15, 0.2) is 0 Å². The van der Waals surface area contributed by atoms with Gasteiger partial charge in [0.25, 0.3) is 0 Å². The Morgan fingerprint density at radius 2 is 1.95 bits per heavy atom. The molecule has 3 nitrogen and oxygen atoms in total. The van der Waals surface area contributed by atoms with Gasteiger partial charge in [0.05, 0.1) is 12.1 Å². The largest absolute Gasteiger partial charge is 0.375 e. The number of ether oxygens (including phenoxy) is 1. The van der Waals surface area contributed by atoms with Crippen LogP contribution in [0.25, 0.3) is 0 Å². The second kappa shape index (κ2) is 5.72. The molecule has 1 aromatic carbocycles. The Morgan fingerprint density at radius 3 is 2.62 bits per heavy atom. The summed E-state index contributed by atoms with van der Waals surface area (Å²) in [5.41, 5.74) is -0.229. The van der Waals surface area contributed by atoms with Crippen molar-refractivity contribution < 1.29 is 18.3 Å². The van der Waals surface area contributed by atoms with Crippen molar-refractivity contribution in [2.45, 2.75) is 44.2 Å². The molecule has 0 aromatic heterocycles. The Bertz CT molecular complexity index is 521. The summed E-state index contributed by atoms with van der Waals surface area (Å²) in [6.07, 6.45) is 3.84. The zero-order valence-electron chi connectivity index (χ0n) is 11.9. The second-order valence-electron chi connectivity index (χ2n) is 5.90. The SMILES string of the molecule is O=C1CC[C@@]2(CCCO2)CCN1Cc1c(F)cccc1F. The molecule has 1 aromatic rings. The van der Waals surface area contributed by atoms with Crippen molar-refractivity contribution in [2.24, 2.45) is 0 Å². The van der Waals surface area contributed by atoms with E-state index in [2.05, 4.69) is 0 Å². The third-order valence-corrected chi connectivity index (χ3v) is 4.58. The van der Waals surface area contributed by atoms with E-state index in [-0.39, 0.29) is 23.6 Å². The van der Waals surface area contributed by atoms with Gasteiger partial charge in [-0.3, -0.25) is 4.79 Å². The lowest BCUT2D eigenvalue weighted by atomic mass is 9.92. The lowest BCUT2D eigenvalue weighted by molar-refractivity contribution is -0.131. The number of amides is 1. The van der Waals surface area contributed by atoms with Gasteiger partial charge in [0.1, 0.15) is 11.6 Å². The Balaban J connectivity index is 1.75. The molecule has 21 heavy (non-hydrogen) atoms. The molecule has 2 aliphatic rings. The van der Waals surface area contributed by atoms with Crippen LogP contribution in [0.2, 0.25) is 0 Å². The number of hydrogen-bond donors (Lipinski definition) is 0.